The SMILES string of the molecule is CCNC(=O)OCCN(C)CC(C)CC. The molecule has 1 atom stereocenters. The van der Waals surface area contributed by atoms with E-state index in [1.165, 1.54) is 6.42 Å². The van der Waals surface area contributed by atoms with Crippen LogP contribution in [0.2, 0.25) is 0 Å². The summed E-state index contributed by atoms with van der Waals surface area (Å²) in [5.74, 6) is 0.694. The molecule has 0 radical (unpaired) electrons. The number of carbonyl (C=O) groups excluding carboxylic acids is 1. The van der Waals surface area contributed by atoms with E-state index in [0.717, 1.165) is 13.1 Å². The number of ether oxygens (including phenoxy) is 1. The third kappa shape index (κ3) is 8.24. The van der Waals surface area contributed by atoms with Gasteiger partial charge in [-0.05, 0) is 19.9 Å². The molecule has 0 bridgehead atoms. The summed E-state index contributed by atoms with van der Waals surface area (Å²) in [6.45, 7) is 9.19. The van der Waals surface area contributed by atoms with Gasteiger partial charge in [0.25, 0.3) is 0 Å². The summed E-state index contributed by atoms with van der Waals surface area (Å²) in [5, 5.41) is 2.59. The molecule has 0 saturated carbocycles. The van der Waals surface area contributed by atoms with Crippen molar-refractivity contribution in [3.8, 4) is 0 Å². The molecule has 0 aliphatic carbocycles. The summed E-state index contributed by atoms with van der Waals surface area (Å²) in [5.41, 5.74) is 0. The maximum absolute atomic E-state index is 11.0. The van der Waals surface area contributed by atoms with Gasteiger partial charge in [0.1, 0.15) is 6.61 Å². The molecule has 1 amide bonds. The predicted molar refractivity (Wildman–Crippen MR) is 62.0 cm³/mol. The predicted octanol–water partition coefficient (Wildman–Crippen LogP) is 1.71. The molecule has 1 N–H and O–H groups in total. The molecule has 0 aliphatic heterocycles. The van der Waals surface area contributed by atoms with E-state index >= 15 is 0 Å². The molecule has 0 spiro atoms. The second-order valence-corrected chi connectivity index (χ2v) is 3.94. The highest BCUT2D eigenvalue weighted by molar-refractivity contribution is 5.66. The molecule has 0 aromatic carbocycles. The van der Waals surface area contributed by atoms with Crippen LogP contribution in [0.15, 0.2) is 0 Å². The summed E-state index contributed by atoms with van der Waals surface area (Å²) in [6, 6.07) is 0. The first-order chi connectivity index (χ1) is 7.10. The number of alkyl carbamates (subject to hydrolysis) is 1. The van der Waals surface area contributed by atoms with E-state index in [1.807, 2.05) is 14.0 Å². The van der Waals surface area contributed by atoms with E-state index in [2.05, 4.69) is 24.1 Å². The Morgan fingerprint density at radius 3 is 2.67 bits per heavy atom. The Bertz CT molecular complexity index is 174. The summed E-state index contributed by atoms with van der Waals surface area (Å²) in [6.07, 6.45) is 0.857. The van der Waals surface area contributed by atoms with Crippen LogP contribution in [0, 0.1) is 5.92 Å². The largest absolute Gasteiger partial charge is 0.448 e. The average molecular weight is 216 g/mol. The standard InChI is InChI=1S/C11H24N2O2/c1-5-10(3)9-13(4)7-8-15-11(14)12-6-2/h10H,5-9H2,1-4H3,(H,12,14). The van der Waals surface area contributed by atoms with Gasteiger partial charge in [-0.2, -0.15) is 0 Å². The minimum absolute atomic E-state index is 0.325. The second kappa shape index (κ2) is 8.53. The van der Waals surface area contributed by atoms with Crippen molar-refractivity contribution < 1.29 is 9.53 Å². The fourth-order valence-corrected chi connectivity index (χ4v) is 1.24. The molecule has 0 rings (SSSR count). The Kier molecular flexibility index (Phi) is 8.09. The second-order valence-electron chi connectivity index (χ2n) is 3.94. The van der Waals surface area contributed by atoms with Crippen LogP contribution >= 0.6 is 0 Å². The highest BCUT2D eigenvalue weighted by Gasteiger charge is 2.05. The zero-order valence-electron chi connectivity index (χ0n) is 10.4. The first kappa shape index (κ1) is 14.2. The van der Waals surface area contributed by atoms with E-state index in [1.54, 1.807) is 0 Å². The first-order valence-electron chi connectivity index (χ1n) is 5.69. The molecule has 1 unspecified atom stereocenters. The van der Waals surface area contributed by atoms with Crippen molar-refractivity contribution >= 4 is 6.09 Å². The molecule has 0 saturated heterocycles. The van der Waals surface area contributed by atoms with Crippen LogP contribution in [0.3, 0.4) is 0 Å². The van der Waals surface area contributed by atoms with E-state index in [9.17, 15) is 4.79 Å². The number of rotatable bonds is 7. The summed E-state index contributed by atoms with van der Waals surface area (Å²) < 4.78 is 4.98. The third-order valence-corrected chi connectivity index (χ3v) is 2.35. The van der Waals surface area contributed by atoms with Gasteiger partial charge in [0, 0.05) is 19.6 Å². The van der Waals surface area contributed by atoms with Gasteiger partial charge in [0.05, 0.1) is 0 Å². The third-order valence-electron chi connectivity index (χ3n) is 2.35. The maximum atomic E-state index is 11.0. The summed E-state index contributed by atoms with van der Waals surface area (Å²) in [4.78, 5) is 13.1. The fraction of sp³-hybridized carbons (Fsp3) is 0.909. The van der Waals surface area contributed by atoms with Crippen LogP contribution in [0.5, 0.6) is 0 Å². The highest BCUT2D eigenvalue weighted by Crippen LogP contribution is 2.01. The van der Waals surface area contributed by atoms with Crippen molar-refractivity contribution in [2.75, 3.05) is 33.3 Å². The molecule has 0 aromatic heterocycles. The van der Waals surface area contributed by atoms with Crippen molar-refractivity contribution in [2.45, 2.75) is 27.2 Å². The van der Waals surface area contributed by atoms with Crippen LogP contribution in [-0.2, 0) is 4.74 Å². The zero-order chi connectivity index (χ0) is 11.7. The van der Waals surface area contributed by atoms with Gasteiger partial charge in [0.2, 0.25) is 0 Å². The van der Waals surface area contributed by atoms with Crippen LogP contribution in [0.25, 0.3) is 0 Å². The number of hydrogen-bond donors (Lipinski definition) is 1. The van der Waals surface area contributed by atoms with Gasteiger partial charge in [-0.15, -0.1) is 0 Å². The van der Waals surface area contributed by atoms with E-state index in [-0.39, 0.29) is 6.09 Å². The van der Waals surface area contributed by atoms with Crippen LogP contribution in [0.4, 0.5) is 4.79 Å². The highest BCUT2D eigenvalue weighted by atomic mass is 16.5. The molecule has 4 nitrogen and oxygen atoms in total. The van der Waals surface area contributed by atoms with Crippen molar-refractivity contribution in [2.24, 2.45) is 5.92 Å². The molecule has 0 aromatic rings. The molecule has 90 valence electrons. The topological polar surface area (TPSA) is 41.6 Å². The van der Waals surface area contributed by atoms with Gasteiger partial charge in [-0.3, -0.25) is 0 Å². The molecular formula is C11H24N2O2. The molecule has 0 fully saturated rings. The minimum Gasteiger partial charge on any atom is -0.448 e. The Morgan fingerprint density at radius 1 is 1.47 bits per heavy atom. The first-order valence-corrected chi connectivity index (χ1v) is 5.69. The van der Waals surface area contributed by atoms with E-state index < -0.39 is 0 Å². The van der Waals surface area contributed by atoms with Gasteiger partial charge >= 0.3 is 6.09 Å². The van der Waals surface area contributed by atoms with Crippen LogP contribution in [0.1, 0.15) is 27.2 Å². The average Bonchev–Trinajstić information content (AvgIpc) is 2.18. The summed E-state index contributed by atoms with van der Waals surface area (Å²) in [7, 11) is 2.05. The molecule has 0 heterocycles. The van der Waals surface area contributed by atoms with E-state index in [0.29, 0.717) is 19.1 Å². The number of nitrogens with zero attached hydrogens (tertiary/aromatic N) is 1. The van der Waals surface area contributed by atoms with Crippen LogP contribution < -0.4 is 5.32 Å². The van der Waals surface area contributed by atoms with Gasteiger partial charge in [-0.1, -0.05) is 20.3 Å². The molecular weight excluding hydrogens is 192 g/mol. The number of carbonyl (C=O) groups is 1. The number of amides is 1. The molecule has 0 aliphatic rings. The van der Waals surface area contributed by atoms with Crippen LogP contribution in [-0.4, -0.2) is 44.3 Å². The van der Waals surface area contributed by atoms with Crippen molar-refractivity contribution in [1.29, 1.82) is 0 Å². The lowest BCUT2D eigenvalue weighted by molar-refractivity contribution is 0.130. The number of nitrogens with one attached hydrogen (secondary N) is 1. The molecule has 15 heavy (non-hydrogen) atoms. The number of hydrogen-bond acceptors (Lipinski definition) is 3. The molecule has 4 heteroatoms. The van der Waals surface area contributed by atoms with Gasteiger partial charge < -0.3 is 15.0 Å². The van der Waals surface area contributed by atoms with Gasteiger partial charge in [-0.25, -0.2) is 4.79 Å². The lowest BCUT2D eigenvalue weighted by atomic mass is 10.1. The minimum atomic E-state index is -0.325. The fourth-order valence-electron chi connectivity index (χ4n) is 1.24. The Balaban J connectivity index is 3.46. The lowest BCUT2D eigenvalue weighted by Gasteiger charge is -2.20. The Morgan fingerprint density at radius 2 is 2.13 bits per heavy atom. The maximum Gasteiger partial charge on any atom is 0.407 e. The Labute approximate surface area is 93.0 Å². The normalized spacial score (nSPS) is 12.6. The van der Waals surface area contributed by atoms with Crippen molar-refractivity contribution in [3.05, 3.63) is 0 Å². The van der Waals surface area contributed by atoms with E-state index in [4.69, 9.17) is 4.74 Å². The lowest BCUT2D eigenvalue weighted by Crippen LogP contribution is -2.31. The number of likely N-dealkylation sites (N-methyl/N-ethyl adjacent to an activating group) is 1. The summed E-state index contributed by atoms with van der Waals surface area (Å²) >= 11 is 0. The smallest absolute Gasteiger partial charge is 0.407 e. The van der Waals surface area contributed by atoms with Gasteiger partial charge in [0.15, 0.2) is 0 Å². The monoisotopic (exact) mass is 216 g/mol. The quantitative estimate of drug-likeness (QED) is 0.704. The zero-order valence-corrected chi connectivity index (χ0v) is 10.4. The Hall–Kier alpha value is -0.770. The van der Waals surface area contributed by atoms with Crippen molar-refractivity contribution in [3.63, 3.8) is 0 Å². The van der Waals surface area contributed by atoms with Crippen molar-refractivity contribution in [1.82, 2.24) is 10.2 Å².